The number of rotatable bonds is 5. The number of aromatic nitrogens is 2. The molecule has 1 N–H and O–H groups in total. The minimum absolute atomic E-state index is 0.164. The molecule has 0 spiro atoms. The van der Waals surface area contributed by atoms with Gasteiger partial charge in [-0.2, -0.15) is 5.26 Å². The molecule has 1 fully saturated rings. The van der Waals surface area contributed by atoms with Gasteiger partial charge in [-0.3, -0.25) is 4.79 Å². The molecule has 0 unspecified atom stereocenters. The van der Waals surface area contributed by atoms with Gasteiger partial charge >= 0.3 is 0 Å². The van der Waals surface area contributed by atoms with Crippen molar-refractivity contribution < 1.29 is 13.9 Å². The second-order valence-corrected chi connectivity index (χ2v) is 6.90. The fourth-order valence-electron chi connectivity index (χ4n) is 2.89. The normalized spacial score (nSPS) is 21.0. The maximum Gasteiger partial charge on any atom is 0.228 e. The van der Waals surface area contributed by atoms with Crippen molar-refractivity contribution in [3.63, 3.8) is 0 Å². The van der Waals surface area contributed by atoms with Crippen LogP contribution in [0.3, 0.4) is 0 Å². The minimum atomic E-state index is -0.559. The van der Waals surface area contributed by atoms with E-state index in [4.69, 9.17) is 10.00 Å². The summed E-state index contributed by atoms with van der Waals surface area (Å²) in [5, 5.41) is 11.6. The average molecular weight is 354 g/mol. The van der Waals surface area contributed by atoms with Crippen molar-refractivity contribution in [2.75, 3.05) is 11.9 Å². The summed E-state index contributed by atoms with van der Waals surface area (Å²) in [5.41, 5.74) is 0.903. The first-order valence-electron chi connectivity index (χ1n) is 8.25. The summed E-state index contributed by atoms with van der Waals surface area (Å²) < 4.78 is 19.3. The quantitative estimate of drug-likeness (QED) is 0.891. The lowest BCUT2D eigenvalue weighted by atomic mass is 10.1. The Kier molecular flexibility index (Phi) is 4.60. The van der Waals surface area contributed by atoms with Gasteiger partial charge in [0.1, 0.15) is 11.6 Å². The molecule has 0 saturated heterocycles. The van der Waals surface area contributed by atoms with Gasteiger partial charge in [-0.25, -0.2) is 14.4 Å². The number of hydrogen-bond donors (Lipinski definition) is 1. The molecular formula is C19H19FN4O2. The lowest BCUT2D eigenvalue weighted by Gasteiger charge is -2.14. The van der Waals surface area contributed by atoms with Gasteiger partial charge in [-0.05, 0) is 38.5 Å². The van der Waals surface area contributed by atoms with Crippen LogP contribution < -0.4 is 10.1 Å². The molecule has 134 valence electrons. The van der Waals surface area contributed by atoms with Crippen LogP contribution in [0.15, 0.2) is 24.4 Å². The van der Waals surface area contributed by atoms with E-state index in [2.05, 4.69) is 15.3 Å². The molecule has 0 aliphatic heterocycles. The van der Waals surface area contributed by atoms with E-state index in [1.807, 2.05) is 26.8 Å². The van der Waals surface area contributed by atoms with Gasteiger partial charge in [-0.15, -0.1) is 0 Å². The van der Waals surface area contributed by atoms with Crippen molar-refractivity contribution in [2.45, 2.75) is 27.2 Å². The molecule has 1 aliphatic rings. The minimum Gasteiger partial charge on any atom is -0.489 e. The molecule has 6 nitrogen and oxygen atoms in total. The predicted molar refractivity (Wildman–Crippen MR) is 93.0 cm³/mol. The van der Waals surface area contributed by atoms with Gasteiger partial charge in [0.15, 0.2) is 5.75 Å². The lowest BCUT2D eigenvalue weighted by Crippen LogP contribution is -2.21. The van der Waals surface area contributed by atoms with E-state index < -0.39 is 5.82 Å². The zero-order valence-electron chi connectivity index (χ0n) is 14.8. The van der Waals surface area contributed by atoms with E-state index in [9.17, 15) is 9.18 Å². The third kappa shape index (κ3) is 3.80. The van der Waals surface area contributed by atoms with E-state index in [1.165, 1.54) is 12.1 Å². The number of benzene rings is 1. The average Bonchev–Trinajstić information content (AvgIpc) is 3.25. The molecule has 2 atom stereocenters. The second-order valence-electron chi connectivity index (χ2n) is 6.90. The van der Waals surface area contributed by atoms with Crippen molar-refractivity contribution in [3.05, 3.63) is 47.3 Å². The van der Waals surface area contributed by atoms with E-state index in [0.717, 1.165) is 11.8 Å². The Morgan fingerprint density at radius 1 is 1.46 bits per heavy atom. The van der Waals surface area contributed by atoms with Gasteiger partial charge in [0, 0.05) is 17.0 Å². The summed E-state index contributed by atoms with van der Waals surface area (Å²) in [4.78, 5) is 20.8. The molecule has 7 heteroatoms. The summed E-state index contributed by atoms with van der Waals surface area (Å²) >= 11 is 0. The largest absolute Gasteiger partial charge is 0.489 e. The summed E-state index contributed by atoms with van der Waals surface area (Å²) in [5.74, 6) is 0.282. The molecule has 1 aromatic heterocycles. The molecule has 1 saturated carbocycles. The van der Waals surface area contributed by atoms with Crippen LogP contribution in [0.2, 0.25) is 0 Å². The Hall–Kier alpha value is -3.01. The van der Waals surface area contributed by atoms with E-state index in [1.54, 1.807) is 6.20 Å². The number of halogens is 1. The van der Waals surface area contributed by atoms with E-state index in [-0.39, 0.29) is 28.5 Å². The maximum absolute atomic E-state index is 13.5. The van der Waals surface area contributed by atoms with Crippen molar-refractivity contribution in [2.24, 2.45) is 11.3 Å². The standard InChI is InChI=1S/C19H19FN4O2/c1-11-17(9-22-12(2)23-11)26-10-19(3)7-16(19)18(25)24-15-5-13(8-21)4-14(20)6-15/h4-6,9,16H,7,10H2,1-3H3,(H,24,25)/t16-,19+/m0/s1. The molecular weight excluding hydrogens is 335 g/mol. The van der Waals surface area contributed by atoms with Crippen molar-refractivity contribution in [3.8, 4) is 11.8 Å². The van der Waals surface area contributed by atoms with Gasteiger partial charge in [0.05, 0.1) is 30.1 Å². The first kappa shape index (κ1) is 17.8. The van der Waals surface area contributed by atoms with Crippen LogP contribution in [0, 0.1) is 42.3 Å². The number of nitriles is 1. The van der Waals surface area contributed by atoms with Crippen LogP contribution in [0.4, 0.5) is 10.1 Å². The summed E-state index contributed by atoms with van der Waals surface area (Å²) in [6.07, 6.45) is 2.31. The Bertz CT molecular complexity index is 909. The van der Waals surface area contributed by atoms with Gasteiger partial charge in [0.2, 0.25) is 5.91 Å². The Morgan fingerprint density at radius 3 is 2.92 bits per heavy atom. The number of carbonyl (C=O) groups excluding carboxylic acids is 1. The van der Waals surface area contributed by atoms with Crippen LogP contribution in [0.5, 0.6) is 5.75 Å². The zero-order chi connectivity index (χ0) is 18.9. The van der Waals surface area contributed by atoms with Crippen LogP contribution in [-0.2, 0) is 4.79 Å². The first-order valence-corrected chi connectivity index (χ1v) is 8.25. The maximum atomic E-state index is 13.5. The van der Waals surface area contributed by atoms with Crippen LogP contribution in [-0.4, -0.2) is 22.5 Å². The smallest absolute Gasteiger partial charge is 0.228 e. The highest BCUT2D eigenvalue weighted by Gasteiger charge is 2.55. The topological polar surface area (TPSA) is 87.9 Å². The molecule has 1 amide bonds. The SMILES string of the molecule is Cc1ncc(OC[C@@]2(C)C[C@H]2C(=O)Nc2cc(F)cc(C#N)c2)c(C)n1. The zero-order valence-corrected chi connectivity index (χ0v) is 14.8. The molecule has 1 aromatic carbocycles. The van der Waals surface area contributed by atoms with Gasteiger partial charge < -0.3 is 10.1 Å². The van der Waals surface area contributed by atoms with E-state index in [0.29, 0.717) is 24.6 Å². The number of carbonyl (C=O) groups is 1. The Morgan fingerprint density at radius 2 is 2.23 bits per heavy atom. The molecule has 0 bridgehead atoms. The molecule has 3 rings (SSSR count). The van der Waals surface area contributed by atoms with Crippen LogP contribution in [0.25, 0.3) is 0 Å². The van der Waals surface area contributed by atoms with Crippen molar-refractivity contribution in [1.29, 1.82) is 5.26 Å². The third-order valence-electron chi connectivity index (χ3n) is 4.57. The number of nitrogens with zero attached hydrogens (tertiary/aromatic N) is 3. The fraction of sp³-hybridized carbons (Fsp3) is 0.368. The molecule has 0 radical (unpaired) electrons. The molecule has 1 heterocycles. The van der Waals surface area contributed by atoms with Crippen LogP contribution in [0.1, 0.15) is 30.4 Å². The van der Waals surface area contributed by atoms with Crippen LogP contribution >= 0.6 is 0 Å². The highest BCUT2D eigenvalue weighted by molar-refractivity contribution is 5.95. The molecule has 1 aliphatic carbocycles. The van der Waals surface area contributed by atoms with Gasteiger partial charge in [-0.1, -0.05) is 6.92 Å². The van der Waals surface area contributed by atoms with Gasteiger partial charge in [0.25, 0.3) is 0 Å². The monoisotopic (exact) mass is 354 g/mol. The number of amides is 1. The lowest BCUT2D eigenvalue weighted by molar-refractivity contribution is -0.118. The first-order chi connectivity index (χ1) is 12.3. The predicted octanol–water partition coefficient (Wildman–Crippen LogP) is 3.15. The number of anilines is 1. The van der Waals surface area contributed by atoms with Crippen molar-refractivity contribution in [1.82, 2.24) is 9.97 Å². The van der Waals surface area contributed by atoms with E-state index >= 15 is 0 Å². The number of aryl methyl sites for hydroxylation is 2. The number of hydrogen-bond acceptors (Lipinski definition) is 5. The summed E-state index contributed by atoms with van der Waals surface area (Å²) in [7, 11) is 0. The third-order valence-corrected chi connectivity index (χ3v) is 4.57. The molecule has 2 aromatic rings. The number of nitrogens with one attached hydrogen (secondary N) is 1. The summed E-state index contributed by atoms with van der Waals surface area (Å²) in [6.45, 7) is 5.99. The Labute approximate surface area is 151 Å². The fourth-order valence-corrected chi connectivity index (χ4v) is 2.89. The highest BCUT2D eigenvalue weighted by atomic mass is 19.1. The second kappa shape index (κ2) is 6.71. The van der Waals surface area contributed by atoms with Crippen molar-refractivity contribution >= 4 is 11.6 Å². The Balaban J connectivity index is 1.60. The highest BCUT2D eigenvalue weighted by Crippen LogP contribution is 2.52. The summed E-state index contributed by atoms with van der Waals surface area (Å²) in [6, 6.07) is 5.63. The number of ether oxygens (including phenoxy) is 1. The molecule has 26 heavy (non-hydrogen) atoms.